The fraction of sp³-hybridized carbons (Fsp3) is 0.167. The molecule has 7 heteroatoms. The monoisotopic (exact) mass is 489 g/mol. The lowest BCUT2D eigenvalue weighted by atomic mass is 9.92. The standard InChI is InChI=1S/C30H27N5O2/c1-37-23-18-16-20(17-19-23)27-24-14-8-9-15-25(24)35-29(33-27)26(30(36)32-22-12-6-3-7-13-22)28(34-35)31-21-10-4-2-5-11-21/h2-7,10-13,16-19H,8-9,14-15H2,1H3,(H,31,34)(H,32,36). The second-order valence-corrected chi connectivity index (χ2v) is 9.09. The van der Waals surface area contributed by atoms with Crippen LogP contribution >= 0.6 is 0 Å². The summed E-state index contributed by atoms with van der Waals surface area (Å²) in [5.41, 5.74) is 6.70. The lowest BCUT2D eigenvalue weighted by Gasteiger charge is -2.20. The van der Waals surface area contributed by atoms with E-state index in [0.717, 1.165) is 54.1 Å². The van der Waals surface area contributed by atoms with Crippen molar-refractivity contribution in [3.8, 4) is 17.0 Å². The second-order valence-electron chi connectivity index (χ2n) is 9.09. The fourth-order valence-electron chi connectivity index (χ4n) is 4.91. The van der Waals surface area contributed by atoms with E-state index >= 15 is 0 Å². The van der Waals surface area contributed by atoms with E-state index in [9.17, 15) is 4.79 Å². The van der Waals surface area contributed by atoms with E-state index < -0.39 is 0 Å². The SMILES string of the molecule is COc1ccc(-c2nc3c(C(=O)Nc4ccccc4)c(Nc4ccccc4)nn3c3c2CCCC3)cc1. The van der Waals surface area contributed by atoms with Gasteiger partial charge in [0.15, 0.2) is 11.5 Å². The van der Waals surface area contributed by atoms with E-state index in [0.29, 0.717) is 22.7 Å². The number of carbonyl (C=O) groups is 1. The molecule has 0 aliphatic heterocycles. The molecule has 37 heavy (non-hydrogen) atoms. The first-order chi connectivity index (χ1) is 18.2. The highest BCUT2D eigenvalue weighted by Crippen LogP contribution is 2.35. The Labute approximate surface area is 215 Å². The molecule has 0 spiro atoms. The maximum absolute atomic E-state index is 13.7. The number of nitrogens with zero attached hydrogens (tertiary/aromatic N) is 3. The van der Waals surface area contributed by atoms with Crippen LogP contribution in [0.5, 0.6) is 5.75 Å². The van der Waals surface area contributed by atoms with Crippen LogP contribution in [-0.2, 0) is 12.8 Å². The molecule has 1 aliphatic carbocycles. The maximum Gasteiger partial charge on any atom is 0.263 e. The number of methoxy groups -OCH3 is 1. The van der Waals surface area contributed by atoms with Gasteiger partial charge in [0.25, 0.3) is 5.91 Å². The highest BCUT2D eigenvalue weighted by atomic mass is 16.5. The molecule has 3 aromatic carbocycles. The normalized spacial score (nSPS) is 12.7. The van der Waals surface area contributed by atoms with Crippen molar-refractivity contribution >= 4 is 28.7 Å². The minimum absolute atomic E-state index is 0.261. The number of fused-ring (bicyclic) bond motifs is 3. The predicted octanol–water partition coefficient (Wildman–Crippen LogP) is 6.28. The van der Waals surface area contributed by atoms with Crippen molar-refractivity contribution in [2.45, 2.75) is 25.7 Å². The molecule has 0 unspecified atom stereocenters. The summed E-state index contributed by atoms with van der Waals surface area (Å²) in [5.74, 6) is 1.01. The van der Waals surface area contributed by atoms with Crippen molar-refractivity contribution in [2.75, 3.05) is 17.7 Å². The van der Waals surface area contributed by atoms with Gasteiger partial charge in [-0.15, -0.1) is 5.10 Å². The van der Waals surface area contributed by atoms with Gasteiger partial charge < -0.3 is 15.4 Å². The van der Waals surface area contributed by atoms with Crippen molar-refractivity contribution in [3.05, 3.63) is 102 Å². The Morgan fingerprint density at radius 2 is 1.54 bits per heavy atom. The molecule has 7 nitrogen and oxygen atoms in total. The Bertz CT molecular complexity index is 1560. The molecule has 1 amide bonds. The van der Waals surface area contributed by atoms with Gasteiger partial charge in [-0.2, -0.15) is 0 Å². The number of nitrogens with one attached hydrogen (secondary N) is 2. The molecule has 0 fully saturated rings. The van der Waals surface area contributed by atoms with Gasteiger partial charge in [0.2, 0.25) is 0 Å². The van der Waals surface area contributed by atoms with Gasteiger partial charge in [0.05, 0.1) is 12.8 Å². The molecule has 2 aromatic heterocycles. The quantitative estimate of drug-likeness (QED) is 0.293. The first kappa shape index (κ1) is 22.8. The number of aryl methyl sites for hydroxylation is 1. The summed E-state index contributed by atoms with van der Waals surface area (Å²) in [6.07, 6.45) is 3.97. The Morgan fingerprint density at radius 1 is 0.865 bits per heavy atom. The van der Waals surface area contributed by atoms with Crippen LogP contribution in [-0.4, -0.2) is 27.6 Å². The predicted molar refractivity (Wildman–Crippen MR) is 146 cm³/mol. The summed E-state index contributed by atoms with van der Waals surface area (Å²) in [4.78, 5) is 18.8. The van der Waals surface area contributed by atoms with Crippen LogP contribution in [0.15, 0.2) is 84.9 Å². The van der Waals surface area contributed by atoms with Crippen LogP contribution in [0.3, 0.4) is 0 Å². The van der Waals surface area contributed by atoms with Crippen molar-refractivity contribution in [1.82, 2.24) is 14.6 Å². The van der Waals surface area contributed by atoms with Gasteiger partial charge in [0.1, 0.15) is 11.3 Å². The fourth-order valence-corrected chi connectivity index (χ4v) is 4.91. The number of carbonyl (C=O) groups excluding carboxylic acids is 1. The van der Waals surface area contributed by atoms with Crippen LogP contribution in [0.1, 0.15) is 34.5 Å². The molecule has 2 N–H and O–H groups in total. The van der Waals surface area contributed by atoms with Crippen LogP contribution in [0.4, 0.5) is 17.2 Å². The Hall–Kier alpha value is -4.65. The van der Waals surface area contributed by atoms with Gasteiger partial charge in [0, 0.05) is 28.2 Å². The Balaban J connectivity index is 1.55. The average Bonchev–Trinajstić information content (AvgIpc) is 3.32. The first-order valence-electron chi connectivity index (χ1n) is 12.5. The molecule has 2 heterocycles. The summed E-state index contributed by atoms with van der Waals surface area (Å²) in [7, 11) is 1.66. The highest BCUT2D eigenvalue weighted by Gasteiger charge is 2.27. The van der Waals surface area contributed by atoms with E-state index in [1.54, 1.807) is 7.11 Å². The summed E-state index contributed by atoms with van der Waals surface area (Å²) in [6, 6.07) is 27.1. The molecular weight excluding hydrogens is 462 g/mol. The van der Waals surface area contributed by atoms with Crippen molar-refractivity contribution in [2.24, 2.45) is 0 Å². The summed E-state index contributed by atoms with van der Waals surface area (Å²) in [6.45, 7) is 0. The van der Waals surface area contributed by atoms with E-state index in [1.807, 2.05) is 89.4 Å². The largest absolute Gasteiger partial charge is 0.497 e. The average molecular weight is 490 g/mol. The summed E-state index contributed by atoms with van der Waals surface area (Å²) in [5, 5.41) is 11.3. The zero-order valence-electron chi connectivity index (χ0n) is 20.6. The lowest BCUT2D eigenvalue weighted by Crippen LogP contribution is -2.16. The molecule has 5 aromatic rings. The van der Waals surface area contributed by atoms with Gasteiger partial charge in [-0.25, -0.2) is 9.50 Å². The number of benzene rings is 3. The third kappa shape index (κ3) is 4.40. The second kappa shape index (κ2) is 9.78. The van der Waals surface area contributed by atoms with Crippen LogP contribution in [0.25, 0.3) is 16.9 Å². The smallest absolute Gasteiger partial charge is 0.263 e. The van der Waals surface area contributed by atoms with E-state index in [2.05, 4.69) is 10.6 Å². The summed E-state index contributed by atoms with van der Waals surface area (Å²) >= 11 is 0. The molecule has 6 rings (SSSR count). The third-order valence-electron chi connectivity index (χ3n) is 6.72. The molecule has 0 bridgehead atoms. The summed E-state index contributed by atoms with van der Waals surface area (Å²) < 4.78 is 7.23. The number of amides is 1. The zero-order valence-corrected chi connectivity index (χ0v) is 20.6. The lowest BCUT2D eigenvalue weighted by molar-refractivity contribution is 0.102. The first-order valence-corrected chi connectivity index (χ1v) is 12.5. The molecule has 184 valence electrons. The van der Waals surface area contributed by atoms with E-state index in [1.165, 1.54) is 5.56 Å². The maximum atomic E-state index is 13.7. The zero-order chi connectivity index (χ0) is 25.2. The topological polar surface area (TPSA) is 80.5 Å². The minimum Gasteiger partial charge on any atom is -0.497 e. The van der Waals surface area contributed by atoms with Crippen LogP contribution in [0.2, 0.25) is 0 Å². The number of aromatic nitrogens is 3. The van der Waals surface area contributed by atoms with Crippen molar-refractivity contribution < 1.29 is 9.53 Å². The number of hydrogen-bond acceptors (Lipinski definition) is 5. The molecule has 0 atom stereocenters. The third-order valence-corrected chi connectivity index (χ3v) is 6.72. The Morgan fingerprint density at radius 3 is 2.24 bits per heavy atom. The van der Waals surface area contributed by atoms with Gasteiger partial charge >= 0.3 is 0 Å². The van der Waals surface area contributed by atoms with Crippen LogP contribution < -0.4 is 15.4 Å². The van der Waals surface area contributed by atoms with Gasteiger partial charge in [-0.3, -0.25) is 4.79 Å². The van der Waals surface area contributed by atoms with Gasteiger partial charge in [-0.05, 0) is 74.2 Å². The number of hydrogen-bond donors (Lipinski definition) is 2. The molecule has 0 radical (unpaired) electrons. The Kier molecular flexibility index (Phi) is 6.02. The number of rotatable bonds is 6. The molecule has 0 saturated heterocycles. The number of para-hydroxylation sites is 2. The molecular formula is C30H27N5O2. The molecule has 0 saturated carbocycles. The van der Waals surface area contributed by atoms with Crippen LogP contribution in [0, 0.1) is 0 Å². The number of ether oxygens (including phenoxy) is 1. The van der Waals surface area contributed by atoms with E-state index in [4.69, 9.17) is 14.8 Å². The van der Waals surface area contributed by atoms with Gasteiger partial charge in [-0.1, -0.05) is 36.4 Å². The molecule has 1 aliphatic rings. The van der Waals surface area contributed by atoms with Crippen molar-refractivity contribution in [3.63, 3.8) is 0 Å². The van der Waals surface area contributed by atoms with Crippen molar-refractivity contribution in [1.29, 1.82) is 0 Å². The van der Waals surface area contributed by atoms with E-state index in [-0.39, 0.29) is 5.91 Å². The highest BCUT2D eigenvalue weighted by molar-refractivity contribution is 6.12. The number of anilines is 3. The minimum atomic E-state index is -0.261.